The molecule has 1 saturated heterocycles. The summed E-state index contributed by atoms with van der Waals surface area (Å²) in [6, 6.07) is 7.50. The maximum absolute atomic E-state index is 13.9. The van der Waals surface area contributed by atoms with E-state index in [4.69, 9.17) is 4.74 Å². The summed E-state index contributed by atoms with van der Waals surface area (Å²) < 4.78 is 48.9. The lowest BCUT2D eigenvalue weighted by Gasteiger charge is -2.15. The highest BCUT2D eigenvalue weighted by Crippen LogP contribution is 2.34. The Kier molecular flexibility index (Phi) is 9.51. The quantitative estimate of drug-likeness (QED) is 0.424. The molecule has 0 aliphatic carbocycles. The molecule has 1 aromatic heterocycles. The van der Waals surface area contributed by atoms with E-state index in [2.05, 4.69) is 25.0 Å². The Hall–Kier alpha value is -3.34. The lowest BCUT2D eigenvalue weighted by atomic mass is 10.1. The van der Waals surface area contributed by atoms with Crippen molar-refractivity contribution in [3.05, 3.63) is 48.0 Å². The van der Waals surface area contributed by atoms with Crippen LogP contribution in [0.25, 0.3) is 10.9 Å². The predicted octanol–water partition coefficient (Wildman–Crippen LogP) is 5.20. The number of rotatable bonds is 8. The van der Waals surface area contributed by atoms with Crippen LogP contribution in [-0.2, 0) is 14.5 Å². The molecule has 4 rings (SSSR count). The molecule has 2 heterocycles. The topological polar surface area (TPSA) is 106 Å². The van der Waals surface area contributed by atoms with Crippen LogP contribution in [0.1, 0.15) is 32.3 Å². The van der Waals surface area contributed by atoms with Gasteiger partial charge in [0, 0.05) is 29.5 Å². The lowest BCUT2D eigenvalue weighted by molar-refractivity contribution is -0.123. The second-order valence-electron chi connectivity index (χ2n) is 7.95. The van der Waals surface area contributed by atoms with E-state index >= 15 is 0 Å². The van der Waals surface area contributed by atoms with Gasteiger partial charge in [0.25, 0.3) is 5.91 Å². The molecule has 11 heteroatoms. The van der Waals surface area contributed by atoms with E-state index in [1.165, 1.54) is 18.5 Å². The van der Waals surface area contributed by atoms with Gasteiger partial charge < -0.3 is 15.4 Å². The number of aryl methyl sites for hydroxylation is 1. The van der Waals surface area contributed by atoms with Crippen LogP contribution in [0, 0.1) is 12.7 Å². The molecule has 0 atom stereocenters. The molecular weight excluding hydrogens is 488 g/mol. The number of benzene rings is 2. The van der Waals surface area contributed by atoms with Crippen LogP contribution in [-0.4, -0.2) is 51.4 Å². The smallest absolute Gasteiger partial charge is 0.258 e. The van der Waals surface area contributed by atoms with Gasteiger partial charge in [0.2, 0.25) is 0 Å². The second-order valence-corrected chi connectivity index (χ2v) is 10.5. The van der Waals surface area contributed by atoms with Gasteiger partial charge in [0.05, 0.1) is 26.6 Å². The maximum Gasteiger partial charge on any atom is 0.258 e. The van der Waals surface area contributed by atoms with Gasteiger partial charge >= 0.3 is 0 Å². The van der Waals surface area contributed by atoms with Crippen molar-refractivity contribution in [2.45, 2.75) is 33.6 Å². The van der Waals surface area contributed by atoms with Crippen molar-refractivity contribution in [2.24, 2.45) is 4.36 Å². The first-order chi connectivity index (χ1) is 17.4. The summed E-state index contributed by atoms with van der Waals surface area (Å²) in [4.78, 5) is 20.4. The minimum atomic E-state index is -2.22. The number of hydrogen-bond acceptors (Lipinski definition) is 7. The second kappa shape index (κ2) is 12.6. The summed E-state index contributed by atoms with van der Waals surface area (Å²) in [5, 5.41) is 6.20. The fourth-order valence-electron chi connectivity index (χ4n) is 3.79. The molecule has 36 heavy (non-hydrogen) atoms. The Labute approximate surface area is 210 Å². The van der Waals surface area contributed by atoms with Crippen molar-refractivity contribution in [1.82, 2.24) is 15.3 Å². The monoisotopic (exact) mass is 519 g/mol. The lowest BCUT2D eigenvalue weighted by Crippen LogP contribution is -2.30. The highest BCUT2D eigenvalue weighted by molar-refractivity contribution is 7.93. The molecular formula is C25H31F2N5O3S. The Morgan fingerprint density at radius 1 is 1.17 bits per heavy atom. The van der Waals surface area contributed by atoms with E-state index in [0.29, 0.717) is 34.2 Å². The number of ether oxygens (including phenoxy) is 1. The van der Waals surface area contributed by atoms with Crippen LogP contribution < -0.4 is 15.4 Å². The highest BCUT2D eigenvalue weighted by Gasteiger charge is 2.18. The van der Waals surface area contributed by atoms with Crippen molar-refractivity contribution >= 4 is 43.7 Å². The number of anilines is 2. The first kappa shape index (κ1) is 27.3. The summed E-state index contributed by atoms with van der Waals surface area (Å²) in [6.07, 6.45) is 3.23. The van der Waals surface area contributed by atoms with Gasteiger partial charge in [-0.1, -0.05) is 13.8 Å². The van der Waals surface area contributed by atoms with Gasteiger partial charge in [-0.15, -0.1) is 0 Å². The van der Waals surface area contributed by atoms with Crippen LogP contribution >= 0.6 is 0 Å². The zero-order valence-electron chi connectivity index (χ0n) is 20.6. The average molecular weight is 520 g/mol. The molecule has 2 N–H and O–H groups in total. The van der Waals surface area contributed by atoms with Gasteiger partial charge in [-0.05, 0) is 49.6 Å². The number of nitrogens with one attached hydrogen (secondary N) is 2. The van der Waals surface area contributed by atoms with Crippen molar-refractivity contribution in [2.75, 3.05) is 36.6 Å². The Bertz CT molecular complexity index is 1330. The number of aromatic nitrogens is 2. The van der Waals surface area contributed by atoms with Gasteiger partial charge in [-0.3, -0.25) is 4.79 Å². The van der Waals surface area contributed by atoms with E-state index in [0.717, 1.165) is 29.9 Å². The summed E-state index contributed by atoms with van der Waals surface area (Å²) in [5.74, 6) is 0.718. The Morgan fingerprint density at radius 2 is 1.92 bits per heavy atom. The number of fused-ring (bicyclic) bond motifs is 1. The largest absolute Gasteiger partial charge is 0.481 e. The van der Waals surface area contributed by atoms with Gasteiger partial charge in [0.1, 0.15) is 30.4 Å². The van der Waals surface area contributed by atoms with Crippen LogP contribution in [0.3, 0.4) is 0 Å². The van der Waals surface area contributed by atoms with E-state index in [9.17, 15) is 17.8 Å². The standard InChI is InChI=1S/C23H25F2N5O3S.C2H6/c1-15-10-17(30-34(32)8-2-3-9-34)12-19-22(15)23(28-14-27-19)29-18-5-4-16(25)11-20(18)33-13-21(31)26-7-6-24;1-2/h4-5,10-12,14H,2-3,6-9,13H2,1H3,(H,26,31)(H,27,28,29);1-2H3. The third kappa shape index (κ3) is 6.87. The number of hydrogen-bond donors (Lipinski definition) is 2. The molecule has 1 amide bonds. The van der Waals surface area contributed by atoms with E-state index < -0.39 is 34.7 Å². The number of nitrogens with zero attached hydrogens (tertiary/aromatic N) is 3. The molecule has 0 radical (unpaired) electrons. The van der Waals surface area contributed by atoms with E-state index in [1.54, 1.807) is 6.07 Å². The fourth-order valence-corrected chi connectivity index (χ4v) is 5.98. The summed E-state index contributed by atoms with van der Waals surface area (Å²) in [7, 11) is -2.22. The van der Waals surface area contributed by atoms with Crippen LogP contribution in [0.15, 0.2) is 41.0 Å². The first-order valence-corrected chi connectivity index (χ1v) is 13.7. The van der Waals surface area contributed by atoms with Crippen LogP contribution in [0.5, 0.6) is 5.75 Å². The molecule has 0 saturated carbocycles. The van der Waals surface area contributed by atoms with Crippen molar-refractivity contribution in [1.29, 1.82) is 0 Å². The number of alkyl halides is 1. The fraction of sp³-hybridized carbons (Fsp3) is 0.400. The molecule has 1 aliphatic heterocycles. The molecule has 8 nitrogen and oxygen atoms in total. The molecule has 1 aliphatic rings. The average Bonchev–Trinajstić information content (AvgIpc) is 3.29. The van der Waals surface area contributed by atoms with E-state index in [-0.39, 0.29) is 12.3 Å². The number of amides is 1. The molecule has 0 spiro atoms. The maximum atomic E-state index is 13.9. The highest BCUT2D eigenvalue weighted by atomic mass is 32.2. The van der Waals surface area contributed by atoms with Gasteiger partial charge in [-0.2, -0.15) is 4.36 Å². The number of carbonyl (C=O) groups is 1. The minimum Gasteiger partial charge on any atom is -0.481 e. The zero-order chi connectivity index (χ0) is 26.1. The SMILES string of the molecule is CC.Cc1cc(N=S2(=O)CCCC2)cc2ncnc(Nc3ccc(F)cc3OCC(=O)NCCF)c12. The normalized spacial score (nSPS) is 14.0. The molecule has 1 fully saturated rings. The Morgan fingerprint density at radius 3 is 2.64 bits per heavy atom. The molecule has 0 bridgehead atoms. The predicted molar refractivity (Wildman–Crippen MR) is 139 cm³/mol. The van der Waals surface area contributed by atoms with Crippen molar-refractivity contribution in [3.8, 4) is 5.75 Å². The van der Waals surface area contributed by atoms with Gasteiger partial charge in [0.15, 0.2) is 6.61 Å². The van der Waals surface area contributed by atoms with Crippen molar-refractivity contribution < 1.29 is 22.5 Å². The van der Waals surface area contributed by atoms with Gasteiger partial charge in [-0.25, -0.2) is 23.0 Å². The number of carbonyl (C=O) groups excluding carboxylic acids is 1. The molecule has 0 unspecified atom stereocenters. The molecule has 194 valence electrons. The van der Waals surface area contributed by atoms with Crippen molar-refractivity contribution in [3.63, 3.8) is 0 Å². The summed E-state index contributed by atoms with van der Waals surface area (Å²) >= 11 is 0. The Balaban J connectivity index is 0.00000176. The van der Waals surface area contributed by atoms with Crippen LogP contribution in [0.4, 0.5) is 26.0 Å². The third-order valence-corrected chi connectivity index (χ3v) is 7.74. The summed E-state index contributed by atoms with van der Waals surface area (Å²) in [6.45, 7) is 4.68. The van der Waals surface area contributed by atoms with Crippen LogP contribution in [0.2, 0.25) is 0 Å². The first-order valence-electron chi connectivity index (χ1n) is 11.9. The zero-order valence-corrected chi connectivity index (χ0v) is 21.5. The third-order valence-electron chi connectivity index (χ3n) is 5.34. The minimum absolute atomic E-state index is 0.101. The molecule has 3 aromatic rings. The number of halogens is 2. The summed E-state index contributed by atoms with van der Waals surface area (Å²) in [5.41, 5.74) is 2.45. The molecule has 2 aromatic carbocycles. The van der Waals surface area contributed by atoms with E-state index in [1.807, 2.05) is 26.8 Å².